The number of hydrogen-bond donors (Lipinski definition) is 4. The van der Waals surface area contributed by atoms with Crippen LogP contribution in [0, 0.1) is 10.1 Å². The summed E-state index contributed by atoms with van der Waals surface area (Å²) in [6.07, 6.45) is -0.774. The van der Waals surface area contributed by atoms with Crippen molar-refractivity contribution in [1.82, 2.24) is 4.98 Å². The van der Waals surface area contributed by atoms with Gasteiger partial charge >= 0.3 is 11.8 Å². The van der Waals surface area contributed by atoms with E-state index in [1.165, 1.54) is 6.07 Å². The van der Waals surface area contributed by atoms with Gasteiger partial charge in [-0.15, -0.1) is 0 Å². The van der Waals surface area contributed by atoms with Gasteiger partial charge in [-0.2, -0.15) is 0 Å². The van der Waals surface area contributed by atoms with Crippen molar-refractivity contribution in [3.05, 3.63) is 52.1 Å². The Bertz CT molecular complexity index is 887. The number of nitrogens with zero attached hydrogens (tertiary/aromatic N) is 3. The van der Waals surface area contributed by atoms with Gasteiger partial charge in [0.15, 0.2) is 0 Å². The van der Waals surface area contributed by atoms with Crippen LogP contribution >= 0.6 is 0 Å². The van der Waals surface area contributed by atoms with Gasteiger partial charge in [0.05, 0.1) is 17.6 Å². The number of benzene rings is 1. The van der Waals surface area contributed by atoms with Gasteiger partial charge in [-0.3, -0.25) is 15.4 Å². The molecule has 1 aromatic carbocycles. The summed E-state index contributed by atoms with van der Waals surface area (Å²) < 4.78 is 4.76. The number of nitrogens with one attached hydrogen (secondary N) is 2. The second-order valence-corrected chi connectivity index (χ2v) is 5.61. The molecule has 0 saturated carbocycles. The van der Waals surface area contributed by atoms with E-state index in [0.29, 0.717) is 5.56 Å². The Balaban J connectivity index is 2.37. The van der Waals surface area contributed by atoms with Crippen LogP contribution in [0.1, 0.15) is 19.4 Å². The van der Waals surface area contributed by atoms with E-state index in [1.54, 1.807) is 44.2 Å². The van der Waals surface area contributed by atoms with E-state index in [9.17, 15) is 20.1 Å². The number of nitro groups is 1. The molecular formula is C17H20N6O5. The molecule has 148 valence electrons. The van der Waals surface area contributed by atoms with Crippen molar-refractivity contribution < 1.29 is 19.7 Å². The van der Waals surface area contributed by atoms with Gasteiger partial charge in [0, 0.05) is 11.6 Å². The standard InChI is InChI=1S/C17H20N6O5/c1-3-28-17(24)21-13-9-12(15(23(26)27)16(18)20-13)19-10(2)14(22-25)11-7-5-4-6-8-11/h4-10,25H,3H2,1-2H3,(H4,18,19,20,21,24)/b22-14+/t10-/m1/s1. The van der Waals surface area contributed by atoms with Gasteiger partial charge in [0.25, 0.3) is 0 Å². The number of hydrogen-bond acceptors (Lipinski definition) is 9. The zero-order valence-corrected chi connectivity index (χ0v) is 15.2. The average Bonchev–Trinajstić information content (AvgIpc) is 2.62. The fourth-order valence-corrected chi connectivity index (χ4v) is 2.50. The van der Waals surface area contributed by atoms with E-state index in [2.05, 4.69) is 20.8 Å². The van der Waals surface area contributed by atoms with Crippen LogP contribution in [0.5, 0.6) is 0 Å². The first-order valence-electron chi connectivity index (χ1n) is 8.30. The van der Waals surface area contributed by atoms with E-state index in [-0.39, 0.29) is 23.8 Å². The fourth-order valence-electron chi connectivity index (χ4n) is 2.50. The minimum atomic E-state index is -0.774. The van der Waals surface area contributed by atoms with Crippen LogP contribution < -0.4 is 16.4 Å². The molecule has 0 aliphatic rings. The zero-order valence-electron chi connectivity index (χ0n) is 15.2. The minimum absolute atomic E-state index is 0.00567. The van der Waals surface area contributed by atoms with Crippen LogP contribution in [0.15, 0.2) is 41.6 Å². The second-order valence-electron chi connectivity index (χ2n) is 5.61. The predicted molar refractivity (Wildman–Crippen MR) is 104 cm³/mol. The maximum atomic E-state index is 11.6. The molecule has 0 aliphatic heterocycles. The number of anilines is 3. The number of amides is 1. The molecule has 0 radical (unpaired) electrons. The molecule has 28 heavy (non-hydrogen) atoms. The van der Waals surface area contributed by atoms with Crippen molar-refractivity contribution in [3.8, 4) is 0 Å². The maximum Gasteiger partial charge on any atom is 0.412 e. The molecule has 1 heterocycles. The fraction of sp³-hybridized carbons (Fsp3) is 0.235. The molecule has 0 spiro atoms. The van der Waals surface area contributed by atoms with E-state index in [1.807, 2.05) is 0 Å². The highest BCUT2D eigenvalue weighted by Crippen LogP contribution is 2.32. The first-order chi connectivity index (χ1) is 13.4. The first kappa shape index (κ1) is 20.4. The topological polar surface area (TPSA) is 165 Å². The number of pyridine rings is 1. The second kappa shape index (κ2) is 9.16. The molecule has 1 atom stereocenters. The van der Waals surface area contributed by atoms with Crippen molar-refractivity contribution >= 4 is 34.8 Å². The monoisotopic (exact) mass is 388 g/mol. The zero-order chi connectivity index (χ0) is 20.7. The van der Waals surface area contributed by atoms with Crippen LogP contribution in [0.2, 0.25) is 0 Å². The summed E-state index contributed by atoms with van der Waals surface area (Å²) in [5.41, 5.74) is 6.11. The normalized spacial score (nSPS) is 12.1. The summed E-state index contributed by atoms with van der Waals surface area (Å²) in [5, 5.41) is 29.3. The van der Waals surface area contributed by atoms with Gasteiger partial charge < -0.3 is 21.0 Å². The summed E-state index contributed by atoms with van der Waals surface area (Å²) in [6.45, 7) is 3.43. The summed E-state index contributed by atoms with van der Waals surface area (Å²) in [4.78, 5) is 26.1. The smallest absolute Gasteiger partial charge is 0.412 e. The minimum Gasteiger partial charge on any atom is -0.450 e. The van der Waals surface area contributed by atoms with Gasteiger partial charge in [-0.25, -0.2) is 9.78 Å². The highest BCUT2D eigenvalue weighted by atomic mass is 16.6. The van der Waals surface area contributed by atoms with Gasteiger partial charge in [0.2, 0.25) is 5.82 Å². The summed E-state index contributed by atoms with van der Waals surface area (Å²) in [5.74, 6) is -0.422. The van der Waals surface area contributed by atoms with Crippen molar-refractivity contribution in [2.24, 2.45) is 5.16 Å². The molecule has 0 bridgehead atoms. The summed E-state index contributed by atoms with van der Waals surface area (Å²) >= 11 is 0. The molecule has 2 aromatic rings. The lowest BCUT2D eigenvalue weighted by Crippen LogP contribution is -2.28. The Hall–Kier alpha value is -3.89. The highest BCUT2D eigenvalue weighted by Gasteiger charge is 2.25. The van der Waals surface area contributed by atoms with E-state index < -0.39 is 28.6 Å². The number of carbonyl (C=O) groups excluding carboxylic acids is 1. The number of aromatic nitrogens is 1. The van der Waals surface area contributed by atoms with E-state index in [4.69, 9.17) is 10.5 Å². The number of rotatable bonds is 7. The van der Waals surface area contributed by atoms with Crippen LogP contribution in [-0.2, 0) is 4.74 Å². The van der Waals surface area contributed by atoms with E-state index in [0.717, 1.165) is 0 Å². The Labute approximate surface area is 160 Å². The molecular weight excluding hydrogens is 368 g/mol. The average molecular weight is 388 g/mol. The Morgan fingerprint density at radius 1 is 1.43 bits per heavy atom. The van der Waals surface area contributed by atoms with E-state index >= 15 is 0 Å². The SMILES string of the molecule is CCOC(=O)Nc1cc(N[C@H](C)/C(=N\O)c2ccccc2)c([N+](=O)[O-])c(N)n1. The lowest BCUT2D eigenvalue weighted by molar-refractivity contribution is -0.383. The van der Waals surface area contributed by atoms with Crippen molar-refractivity contribution in [2.75, 3.05) is 23.0 Å². The molecule has 5 N–H and O–H groups in total. The third kappa shape index (κ3) is 4.84. The third-order valence-electron chi connectivity index (χ3n) is 3.67. The quantitative estimate of drug-likeness (QED) is 0.243. The number of carbonyl (C=O) groups is 1. The van der Waals surface area contributed by atoms with Crippen LogP contribution in [0.4, 0.5) is 27.8 Å². The third-order valence-corrected chi connectivity index (χ3v) is 3.67. The molecule has 0 saturated heterocycles. The van der Waals surface area contributed by atoms with Crippen molar-refractivity contribution in [3.63, 3.8) is 0 Å². The molecule has 1 aromatic heterocycles. The highest BCUT2D eigenvalue weighted by molar-refractivity contribution is 6.05. The van der Waals surface area contributed by atoms with Gasteiger partial charge in [0.1, 0.15) is 17.2 Å². The number of oxime groups is 1. The largest absolute Gasteiger partial charge is 0.450 e. The van der Waals surface area contributed by atoms with Crippen molar-refractivity contribution in [2.45, 2.75) is 19.9 Å². The Kier molecular flexibility index (Phi) is 6.68. The van der Waals surface area contributed by atoms with Gasteiger partial charge in [-0.1, -0.05) is 35.5 Å². The lowest BCUT2D eigenvalue weighted by atomic mass is 10.0. The first-order valence-corrected chi connectivity index (χ1v) is 8.30. The Morgan fingerprint density at radius 3 is 2.68 bits per heavy atom. The molecule has 0 aliphatic carbocycles. The molecule has 0 unspecified atom stereocenters. The Morgan fingerprint density at radius 2 is 2.11 bits per heavy atom. The summed E-state index contributed by atoms with van der Waals surface area (Å²) in [7, 11) is 0. The van der Waals surface area contributed by atoms with Crippen molar-refractivity contribution in [1.29, 1.82) is 0 Å². The number of nitrogen functional groups attached to an aromatic ring is 1. The van der Waals surface area contributed by atoms with Crippen LogP contribution in [0.3, 0.4) is 0 Å². The maximum absolute atomic E-state index is 11.6. The lowest BCUT2D eigenvalue weighted by Gasteiger charge is -2.18. The molecule has 0 fully saturated rings. The summed E-state index contributed by atoms with van der Waals surface area (Å²) in [6, 6.07) is 9.42. The van der Waals surface area contributed by atoms with Crippen LogP contribution in [-0.4, -0.2) is 39.6 Å². The van der Waals surface area contributed by atoms with Crippen LogP contribution in [0.25, 0.3) is 0 Å². The molecule has 11 heteroatoms. The molecule has 1 amide bonds. The molecule has 2 rings (SSSR count). The molecule has 11 nitrogen and oxygen atoms in total. The van der Waals surface area contributed by atoms with Gasteiger partial charge in [-0.05, 0) is 13.8 Å². The number of nitrogens with two attached hydrogens (primary N) is 1. The predicted octanol–water partition coefficient (Wildman–Crippen LogP) is 2.82. The number of ether oxygens (including phenoxy) is 1.